The smallest absolute Gasteiger partial charge is 0.142 e. The van der Waals surface area contributed by atoms with Gasteiger partial charge < -0.3 is 5.73 Å². The maximum Gasteiger partial charge on any atom is 0.142 e. The first-order chi connectivity index (χ1) is 11.5. The van der Waals surface area contributed by atoms with Crippen molar-refractivity contribution in [2.75, 3.05) is 5.73 Å². The third-order valence-electron chi connectivity index (χ3n) is 4.24. The second-order valence-corrected chi connectivity index (χ2v) is 6.00. The van der Waals surface area contributed by atoms with Gasteiger partial charge in [0.05, 0.1) is 0 Å². The van der Waals surface area contributed by atoms with Crippen LogP contribution in [0.5, 0.6) is 0 Å². The largest absolute Gasteiger partial charge is 0.383 e. The lowest BCUT2D eigenvalue weighted by atomic mass is 9.87. The van der Waals surface area contributed by atoms with E-state index >= 15 is 0 Å². The molecular formula is C21H19N3. The van der Waals surface area contributed by atoms with Crippen LogP contribution in [0.2, 0.25) is 0 Å². The predicted octanol–water partition coefficient (Wildman–Crippen LogP) is 4.79. The number of aromatic nitrogens is 1. The predicted molar refractivity (Wildman–Crippen MR) is 98.4 cm³/mol. The Morgan fingerprint density at radius 1 is 0.958 bits per heavy atom. The first kappa shape index (κ1) is 15.8. The van der Waals surface area contributed by atoms with Gasteiger partial charge in [-0.1, -0.05) is 54.1 Å². The summed E-state index contributed by atoms with van der Waals surface area (Å²) in [6, 6.07) is 18.6. The molecule has 0 aliphatic heterocycles. The molecule has 0 spiro atoms. The maximum absolute atomic E-state index is 9.71. The quantitative estimate of drug-likeness (QED) is 0.739. The van der Waals surface area contributed by atoms with Gasteiger partial charge in [0.25, 0.3) is 0 Å². The van der Waals surface area contributed by atoms with E-state index in [4.69, 9.17) is 5.73 Å². The minimum Gasteiger partial charge on any atom is -0.383 e. The van der Waals surface area contributed by atoms with Gasteiger partial charge in [0, 0.05) is 16.8 Å². The second-order valence-electron chi connectivity index (χ2n) is 6.00. The van der Waals surface area contributed by atoms with Crippen molar-refractivity contribution in [3.05, 3.63) is 70.9 Å². The number of nitrogens with two attached hydrogens (primary N) is 1. The Kier molecular flexibility index (Phi) is 4.05. The van der Waals surface area contributed by atoms with E-state index in [0.717, 1.165) is 39.1 Å². The molecule has 1 heterocycles. The molecule has 0 radical (unpaired) electrons. The van der Waals surface area contributed by atoms with Crippen molar-refractivity contribution < 1.29 is 0 Å². The highest BCUT2D eigenvalue weighted by atomic mass is 14.8. The molecule has 0 fully saturated rings. The molecule has 0 saturated heterocycles. The molecular weight excluding hydrogens is 294 g/mol. The molecule has 0 aliphatic carbocycles. The lowest BCUT2D eigenvalue weighted by molar-refractivity contribution is 1.20. The summed E-state index contributed by atoms with van der Waals surface area (Å²) >= 11 is 0. The van der Waals surface area contributed by atoms with Gasteiger partial charge in [-0.25, -0.2) is 4.98 Å². The van der Waals surface area contributed by atoms with Crippen molar-refractivity contribution in [3.63, 3.8) is 0 Å². The molecule has 2 N–H and O–H groups in total. The topological polar surface area (TPSA) is 62.7 Å². The zero-order valence-electron chi connectivity index (χ0n) is 14.1. The van der Waals surface area contributed by atoms with Crippen LogP contribution in [-0.4, -0.2) is 4.98 Å². The number of nitrogens with zero attached hydrogens (tertiary/aromatic N) is 2. The van der Waals surface area contributed by atoms with Crippen LogP contribution >= 0.6 is 0 Å². The number of anilines is 1. The molecule has 0 atom stereocenters. The first-order valence-corrected chi connectivity index (χ1v) is 7.86. The van der Waals surface area contributed by atoms with Crippen LogP contribution in [0.3, 0.4) is 0 Å². The molecule has 3 nitrogen and oxygen atoms in total. The van der Waals surface area contributed by atoms with Crippen molar-refractivity contribution >= 4 is 5.82 Å². The standard InChI is InChI=1S/C21H19N3/c1-13-9-10-14(2)17(11-13)20-18(12-22)21(23)24-15(3)19(20)16-7-5-4-6-8-16/h4-11H,1-3H3,(H2,23,24). The van der Waals surface area contributed by atoms with Gasteiger partial charge in [0.1, 0.15) is 17.5 Å². The molecule has 0 bridgehead atoms. The van der Waals surface area contributed by atoms with Gasteiger partial charge in [0.15, 0.2) is 0 Å². The van der Waals surface area contributed by atoms with Crippen LogP contribution < -0.4 is 5.73 Å². The molecule has 118 valence electrons. The number of nitriles is 1. The summed E-state index contributed by atoms with van der Waals surface area (Å²) in [6.07, 6.45) is 0. The van der Waals surface area contributed by atoms with E-state index in [0.29, 0.717) is 5.56 Å². The number of aryl methyl sites for hydroxylation is 3. The Balaban J connectivity index is 2.47. The third-order valence-corrected chi connectivity index (χ3v) is 4.24. The summed E-state index contributed by atoms with van der Waals surface area (Å²) in [4.78, 5) is 4.41. The Morgan fingerprint density at radius 2 is 1.67 bits per heavy atom. The lowest BCUT2D eigenvalue weighted by Crippen LogP contribution is -2.04. The van der Waals surface area contributed by atoms with Crippen LogP contribution in [0.15, 0.2) is 48.5 Å². The van der Waals surface area contributed by atoms with Crippen LogP contribution in [0.1, 0.15) is 22.4 Å². The molecule has 0 amide bonds. The van der Waals surface area contributed by atoms with Crippen molar-refractivity contribution in [3.8, 4) is 28.3 Å². The number of rotatable bonds is 2. The van der Waals surface area contributed by atoms with Gasteiger partial charge in [0.2, 0.25) is 0 Å². The van der Waals surface area contributed by atoms with Crippen molar-refractivity contribution in [1.82, 2.24) is 4.98 Å². The Labute approximate surface area is 142 Å². The van der Waals surface area contributed by atoms with Crippen LogP contribution in [0, 0.1) is 32.1 Å². The summed E-state index contributed by atoms with van der Waals surface area (Å²) in [5.41, 5.74) is 13.5. The molecule has 0 unspecified atom stereocenters. The van der Waals surface area contributed by atoms with Crippen molar-refractivity contribution in [1.29, 1.82) is 5.26 Å². The van der Waals surface area contributed by atoms with Crippen LogP contribution in [0.4, 0.5) is 5.82 Å². The molecule has 3 aromatic rings. The molecule has 2 aromatic carbocycles. The zero-order chi connectivity index (χ0) is 17.3. The van der Waals surface area contributed by atoms with Gasteiger partial charge in [-0.05, 0) is 37.5 Å². The Hall–Kier alpha value is -3.12. The highest BCUT2D eigenvalue weighted by Gasteiger charge is 2.20. The van der Waals surface area contributed by atoms with E-state index in [1.807, 2.05) is 37.3 Å². The van der Waals surface area contributed by atoms with Gasteiger partial charge in [-0.3, -0.25) is 0 Å². The lowest BCUT2D eigenvalue weighted by Gasteiger charge is -2.18. The minimum atomic E-state index is 0.283. The summed E-state index contributed by atoms with van der Waals surface area (Å²) in [5, 5.41) is 9.71. The monoisotopic (exact) mass is 313 g/mol. The van der Waals surface area contributed by atoms with E-state index in [1.165, 1.54) is 0 Å². The fourth-order valence-corrected chi connectivity index (χ4v) is 3.07. The number of nitrogen functional groups attached to an aromatic ring is 1. The zero-order valence-corrected chi connectivity index (χ0v) is 14.1. The van der Waals surface area contributed by atoms with Crippen LogP contribution in [-0.2, 0) is 0 Å². The molecule has 0 aliphatic rings. The van der Waals surface area contributed by atoms with Gasteiger partial charge in [-0.15, -0.1) is 0 Å². The van der Waals surface area contributed by atoms with E-state index in [1.54, 1.807) is 0 Å². The summed E-state index contributed by atoms with van der Waals surface area (Å²) in [7, 11) is 0. The average molecular weight is 313 g/mol. The first-order valence-electron chi connectivity index (χ1n) is 7.86. The van der Waals surface area contributed by atoms with Crippen LogP contribution in [0.25, 0.3) is 22.3 Å². The highest BCUT2D eigenvalue weighted by molar-refractivity contribution is 5.92. The van der Waals surface area contributed by atoms with E-state index < -0.39 is 0 Å². The molecule has 3 rings (SSSR count). The number of hydrogen-bond acceptors (Lipinski definition) is 3. The van der Waals surface area contributed by atoms with Crippen molar-refractivity contribution in [2.24, 2.45) is 0 Å². The number of hydrogen-bond donors (Lipinski definition) is 1. The van der Waals surface area contributed by atoms with Gasteiger partial charge >= 0.3 is 0 Å². The Morgan fingerprint density at radius 3 is 2.33 bits per heavy atom. The minimum absolute atomic E-state index is 0.283. The fraction of sp³-hybridized carbons (Fsp3) is 0.143. The molecule has 24 heavy (non-hydrogen) atoms. The average Bonchev–Trinajstić information content (AvgIpc) is 2.57. The molecule has 3 heteroatoms. The van der Waals surface area contributed by atoms with E-state index in [9.17, 15) is 5.26 Å². The Bertz CT molecular complexity index is 951. The fourth-order valence-electron chi connectivity index (χ4n) is 3.07. The van der Waals surface area contributed by atoms with E-state index in [-0.39, 0.29) is 5.82 Å². The summed E-state index contributed by atoms with van der Waals surface area (Å²) in [6.45, 7) is 6.04. The number of pyridine rings is 1. The summed E-state index contributed by atoms with van der Waals surface area (Å²) in [5.74, 6) is 0.283. The number of benzene rings is 2. The highest BCUT2D eigenvalue weighted by Crippen LogP contribution is 2.40. The normalized spacial score (nSPS) is 10.4. The summed E-state index contributed by atoms with van der Waals surface area (Å²) < 4.78 is 0. The van der Waals surface area contributed by atoms with Crippen molar-refractivity contribution in [2.45, 2.75) is 20.8 Å². The van der Waals surface area contributed by atoms with Gasteiger partial charge in [-0.2, -0.15) is 5.26 Å². The molecule has 1 aromatic heterocycles. The van der Waals surface area contributed by atoms with E-state index in [2.05, 4.69) is 43.1 Å². The molecule has 0 saturated carbocycles. The second kappa shape index (κ2) is 6.17. The maximum atomic E-state index is 9.71. The third kappa shape index (κ3) is 2.63. The SMILES string of the molecule is Cc1ccc(C)c(-c2c(C#N)c(N)nc(C)c2-c2ccccc2)c1.